The second-order valence-electron chi connectivity index (χ2n) is 3.87. The number of halogens is 2. The predicted octanol–water partition coefficient (Wildman–Crippen LogP) is 3.29. The van der Waals surface area contributed by atoms with Gasteiger partial charge in [-0.25, -0.2) is 0 Å². The third-order valence-corrected chi connectivity index (χ3v) is 3.29. The molecule has 2 N–H and O–H groups in total. The third-order valence-electron chi connectivity index (χ3n) is 2.36. The van der Waals surface area contributed by atoms with Crippen molar-refractivity contribution in [2.24, 2.45) is 0 Å². The molecule has 0 heterocycles. The summed E-state index contributed by atoms with van der Waals surface area (Å²) in [6.07, 6.45) is 1.71. The maximum Gasteiger partial charge on any atom is 0.251 e. The number of carbonyl (C=O) groups is 1. The number of rotatable bonds is 5. The minimum atomic E-state index is -0.185. The van der Waals surface area contributed by atoms with Gasteiger partial charge in [0.15, 0.2) is 0 Å². The summed E-state index contributed by atoms with van der Waals surface area (Å²) in [5, 5.41) is 12.3. The molecule has 1 aromatic carbocycles. The quantitative estimate of drug-likeness (QED) is 0.818. The van der Waals surface area contributed by atoms with Gasteiger partial charge >= 0.3 is 0 Å². The Labute approximate surface area is 114 Å². The van der Waals surface area contributed by atoms with E-state index < -0.39 is 0 Å². The van der Waals surface area contributed by atoms with Gasteiger partial charge in [-0.2, -0.15) is 0 Å². The van der Waals surface area contributed by atoms with Gasteiger partial charge in [-0.1, -0.05) is 0 Å². The molecule has 0 saturated heterocycles. The smallest absolute Gasteiger partial charge is 0.251 e. The summed E-state index contributed by atoms with van der Waals surface area (Å²) in [6, 6.07) is 4.82. The number of carbonyl (C=O) groups excluding carboxylic acids is 1. The van der Waals surface area contributed by atoms with E-state index in [-0.39, 0.29) is 17.7 Å². The van der Waals surface area contributed by atoms with Crippen LogP contribution in [0.15, 0.2) is 22.7 Å². The van der Waals surface area contributed by atoms with Crippen LogP contribution < -0.4 is 5.32 Å². The van der Waals surface area contributed by atoms with Gasteiger partial charge in [0, 0.05) is 17.5 Å². The summed E-state index contributed by atoms with van der Waals surface area (Å²) in [5.41, 5.74) is 0.448. The lowest BCUT2D eigenvalue weighted by Crippen LogP contribution is -2.32. The zero-order chi connectivity index (χ0) is 12.8. The number of benzene rings is 1. The lowest BCUT2D eigenvalue weighted by Gasteiger charge is -2.13. The highest BCUT2D eigenvalue weighted by Gasteiger charge is 2.11. The van der Waals surface area contributed by atoms with Crippen LogP contribution in [0.3, 0.4) is 0 Å². The number of aromatic hydroxyl groups is 1. The van der Waals surface area contributed by atoms with Crippen molar-refractivity contribution in [3.8, 4) is 5.75 Å². The maximum atomic E-state index is 11.8. The Morgan fingerprint density at radius 3 is 2.88 bits per heavy atom. The number of phenols is 1. The average molecular weight is 321 g/mol. The Morgan fingerprint density at radius 1 is 1.59 bits per heavy atom. The molecular weight excluding hydrogens is 305 g/mol. The summed E-state index contributed by atoms with van der Waals surface area (Å²) in [5.74, 6) is 0.472. The van der Waals surface area contributed by atoms with Crippen molar-refractivity contribution in [2.45, 2.75) is 25.8 Å². The minimum Gasteiger partial charge on any atom is -0.507 e. The van der Waals surface area contributed by atoms with Crippen LogP contribution in [0.2, 0.25) is 0 Å². The number of alkyl halides is 1. The van der Waals surface area contributed by atoms with Crippen molar-refractivity contribution in [3.63, 3.8) is 0 Å². The first-order valence-corrected chi connectivity index (χ1v) is 6.72. The van der Waals surface area contributed by atoms with Crippen LogP contribution in [-0.2, 0) is 0 Å². The normalized spacial score (nSPS) is 12.2. The molecule has 0 aromatic heterocycles. The first-order chi connectivity index (χ1) is 8.04. The molecule has 0 bridgehead atoms. The molecule has 0 aliphatic rings. The second kappa shape index (κ2) is 6.87. The van der Waals surface area contributed by atoms with E-state index >= 15 is 0 Å². The molecule has 1 atom stereocenters. The van der Waals surface area contributed by atoms with Crippen LogP contribution in [0.25, 0.3) is 0 Å². The predicted molar refractivity (Wildman–Crippen MR) is 72.7 cm³/mol. The molecule has 1 amide bonds. The standard InChI is InChI=1S/C12H15BrClNO2/c1-8(3-2-6-14)15-12(17)9-4-5-10(13)11(16)7-9/h4-5,7-8,16H,2-3,6H2,1H3,(H,15,17). The SMILES string of the molecule is CC(CCCCl)NC(=O)c1ccc(Br)c(O)c1. The van der Waals surface area contributed by atoms with Gasteiger partial charge < -0.3 is 10.4 Å². The fourth-order valence-electron chi connectivity index (χ4n) is 1.42. The largest absolute Gasteiger partial charge is 0.507 e. The van der Waals surface area contributed by atoms with Gasteiger partial charge in [-0.15, -0.1) is 11.6 Å². The molecule has 1 aromatic rings. The van der Waals surface area contributed by atoms with Gasteiger partial charge in [0.1, 0.15) is 5.75 Å². The van der Waals surface area contributed by atoms with Crippen molar-refractivity contribution in [2.75, 3.05) is 5.88 Å². The van der Waals surface area contributed by atoms with Crippen LogP contribution in [0, 0.1) is 0 Å². The Morgan fingerprint density at radius 2 is 2.29 bits per heavy atom. The summed E-state index contributed by atoms with van der Waals surface area (Å²) in [7, 11) is 0. The van der Waals surface area contributed by atoms with Crippen molar-refractivity contribution in [1.29, 1.82) is 0 Å². The Kier molecular flexibility index (Phi) is 5.78. The Balaban J connectivity index is 2.60. The highest BCUT2D eigenvalue weighted by Crippen LogP contribution is 2.24. The van der Waals surface area contributed by atoms with Crippen LogP contribution >= 0.6 is 27.5 Å². The van der Waals surface area contributed by atoms with Crippen molar-refractivity contribution in [1.82, 2.24) is 5.32 Å². The van der Waals surface area contributed by atoms with Gasteiger partial charge in [0.25, 0.3) is 5.91 Å². The summed E-state index contributed by atoms with van der Waals surface area (Å²) < 4.78 is 0.573. The van der Waals surface area contributed by atoms with E-state index in [0.29, 0.717) is 15.9 Å². The number of nitrogens with one attached hydrogen (secondary N) is 1. The molecule has 0 saturated carbocycles. The van der Waals surface area contributed by atoms with Crippen molar-refractivity contribution >= 4 is 33.4 Å². The Bertz CT molecular complexity index is 398. The van der Waals surface area contributed by atoms with Gasteiger partial charge in [0.2, 0.25) is 0 Å². The molecule has 3 nitrogen and oxygen atoms in total. The zero-order valence-corrected chi connectivity index (χ0v) is 11.9. The highest BCUT2D eigenvalue weighted by atomic mass is 79.9. The molecule has 0 fully saturated rings. The summed E-state index contributed by atoms with van der Waals surface area (Å²) in [4.78, 5) is 11.8. The topological polar surface area (TPSA) is 49.3 Å². The number of hydrogen-bond donors (Lipinski definition) is 2. The van der Waals surface area contributed by atoms with Gasteiger partial charge in [-0.3, -0.25) is 4.79 Å². The first-order valence-electron chi connectivity index (χ1n) is 5.40. The van der Waals surface area contributed by atoms with Crippen molar-refractivity contribution < 1.29 is 9.90 Å². The fraction of sp³-hybridized carbons (Fsp3) is 0.417. The first kappa shape index (κ1) is 14.3. The van der Waals surface area contributed by atoms with E-state index in [1.807, 2.05) is 6.92 Å². The van der Waals surface area contributed by atoms with Crippen LogP contribution in [0.5, 0.6) is 5.75 Å². The lowest BCUT2D eigenvalue weighted by molar-refractivity contribution is 0.0938. The monoisotopic (exact) mass is 319 g/mol. The Hall–Kier alpha value is -0.740. The lowest BCUT2D eigenvalue weighted by atomic mass is 10.1. The molecule has 1 unspecified atom stereocenters. The molecule has 17 heavy (non-hydrogen) atoms. The van der Waals surface area contributed by atoms with Crippen molar-refractivity contribution in [3.05, 3.63) is 28.2 Å². The molecule has 0 radical (unpaired) electrons. The maximum absolute atomic E-state index is 11.8. The summed E-state index contributed by atoms with van der Waals surface area (Å²) in [6.45, 7) is 1.93. The fourth-order valence-corrected chi connectivity index (χ4v) is 1.82. The van der Waals surface area contributed by atoms with Crippen LogP contribution in [-0.4, -0.2) is 22.9 Å². The second-order valence-corrected chi connectivity index (χ2v) is 5.10. The average Bonchev–Trinajstić information content (AvgIpc) is 2.30. The molecule has 5 heteroatoms. The van der Waals surface area contributed by atoms with Gasteiger partial charge in [0.05, 0.1) is 4.47 Å². The third kappa shape index (κ3) is 4.56. The molecule has 0 spiro atoms. The van der Waals surface area contributed by atoms with E-state index in [2.05, 4.69) is 21.2 Å². The zero-order valence-electron chi connectivity index (χ0n) is 9.54. The highest BCUT2D eigenvalue weighted by molar-refractivity contribution is 9.10. The van der Waals surface area contributed by atoms with Gasteiger partial charge in [-0.05, 0) is 53.9 Å². The molecule has 1 rings (SSSR count). The van der Waals surface area contributed by atoms with E-state index in [0.717, 1.165) is 12.8 Å². The molecule has 94 valence electrons. The van der Waals surface area contributed by atoms with E-state index in [1.54, 1.807) is 12.1 Å². The van der Waals surface area contributed by atoms with E-state index in [4.69, 9.17) is 11.6 Å². The van der Waals surface area contributed by atoms with Crippen LogP contribution in [0.1, 0.15) is 30.1 Å². The molecular formula is C12H15BrClNO2. The number of phenolic OH excluding ortho intramolecular Hbond substituents is 1. The van der Waals surface area contributed by atoms with Crippen LogP contribution in [0.4, 0.5) is 0 Å². The molecule has 0 aliphatic carbocycles. The van der Waals surface area contributed by atoms with E-state index in [9.17, 15) is 9.90 Å². The molecule has 0 aliphatic heterocycles. The summed E-state index contributed by atoms with van der Waals surface area (Å²) >= 11 is 8.75. The number of amides is 1. The number of hydrogen-bond acceptors (Lipinski definition) is 2. The minimum absolute atomic E-state index is 0.0612. The van der Waals surface area contributed by atoms with E-state index in [1.165, 1.54) is 6.07 Å².